The molecule has 0 aliphatic rings. The van der Waals surface area contributed by atoms with Crippen molar-refractivity contribution in [1.29, 1.82) is 0 Å². The topological polar surface area (TPSA) is 35.2 Å². The highest BCUT2D eigenvalue weighted by Gasteiger charge is 2.12. The number of rotatable bonds is 3. The molecule has 0 aromatic heterocycles. The van der Waals surface area contributed by atoms with E-state index >= 15 is 0 Å². The highest BCUT2D eigenvalue weighted by Crippen LogP contribution is 2.31. The number of nitrogens with two attached hydrogens (primary N) is 1. The summed E-state index contributed by atoms with van der Waals surface area (Å²) >= 11 is 17.0. The van der Waals surface area contributed by atoms with Gasteiger partial charge in [-0.3, -0.25) is 0 Å². The Morgan fingerprint density at radius 2 is 1.89 bits per heavy atom. The molecular formula is C14H11Cl2NOS. The molecule has 2 N–H and O–H groups in total. The minimum absolute atomic E-state index is 0.200. The van der Waals surface area contributed by atoms with E-state index in [-0.39, 0.29) is 4.99 Å². The van der Waals surface area contributed by atoms with Crippen molar-refractivity contribution in [2.75, 3.05) is 0 Å². The van der Waals surface area contributed by atoms with Crippen LogP contribution in [-0.4, -0.2) is 4.99 Å². The van der Waals surface area contributed by atoms with Gasteiger partial charge in [0.2, 0.25) is 0 Å². The van der Waals surface area contributed by atoms with Gasteiger partial charge in [-0.05, 0) is 42.8 Å². The van der Waals surface area contributed by atoms with Crippen LogP contribution in [0.4, 0.5) is 0 Å². The average molecular weight is 312 g/mol. The zero-order chi connectivity index (χ0) is 14.0. The van der Waals surface area contributed by atoms with Crippen LogP contribution in [0.15, 0.2) is 36.4 Å². The quantitative estimate of drug-likeness (QED) is 0.832. The molecule has 0 fully saturated rings. The maximum absolute atomic E-state index is 6.08. The van der Waals surface area contributed by atoms with E-state index < -0.39 is 0 Å². The Balaban J connectivity index is 2.40. The largest absolute Gasteiger partial charge is 0.457 e. The third-order valence-corrected chi connectivity index (χ3v) is 3.52. The lowest BCUT2D eigenvalue weighted by Gasteiger charge is -2.12. The number of hydrogen-bond acceptors (Lipinski definition) is 2. The first kappa shape index (κ1) is 14.1. The molecule has 0 aliphatic carbocycles. The predicted octanol–water partition coefficient (Wildman–Crippen LogP) is 4.73. The van der Waals surface area contributed by atoms with Gasteiger partial charge in [-0.25, -0.2) is 0 Å². The van der Waals surface area contributed by atoms with E-state index in [1.807, 2.05) is 13.0 Å². The second-order valence-electron chi connectivity index (χ2n) is 3.99. The minimum Gasteiger partial charge on any atom is -0.457 e. The summed E-state index contributed by atoms with van der Waals surface area (Å²) in [5.74, 6) is 1.18. The van der Waals surface area contributed by atoms with Gasteiger partial charge in [-0.2, -0.15) is 0 Å². The Hall–Kier alpha value is -1.29. The third kappa shape index (κ3) is 3.18. The van der Waals surface area contributed by atoms with Gasteiger partial charge in [-0.1, -0.05) is 41.5 Å². The Kier molecular flexibility index (Phi) is 4.30. The van der Waals surface area contributed by atoms with Crippen LogP contribution >= 0.6 is 35.4 Å². The van der Waals surface area contributed by atoms with Crippen molar-refractivity contribution in [3.63, 3.8) is 0 Å². The molecular weight excluding hydrogens is 301 g/mol. The molecule has 0 radical (unpaired) electrons. The fourth-order valence-electron chi connectivity index (χ4n) is 1.64. The van der Waals surface area contributed by atoms with Crippen molar-refractivity contribution < 1.29 is 4.74 Å². The van der Waals surface area contributed by atoms with Crippen molar-refractivity contribution in [1.82, 2.24) is 0 Å². The summed E-state index contributed by atoms with van der Waals surface area (Å²) in [6.45, 7) is 1.90. The molecule has 5 heteroatoms. The maximum Gasteiger partial charge on any atom is 0.139 e. The second kappa shape index (κ2) is 5.78. The first-order valence-electron chi connectivity index (χ1n) is 5.51. The number of aryl methyl sites for hydroxylation is 1. The highest BCUT2D eigenvalue weighted by molar-refractivity contribution is 7.80. The van der Waals surface area contributed by atoms with Crippen molar-refractivity contribution in [2.45, 2.75) is 6.92 Å². The number of halogens is 2. The van der Waals surface area contributed by atoms with Crippen molar-refractivity contribution in [3.05, 3.63) is 57.6 Å². The van der Waals surface area contributed by atoms with Crippen LogP contribution in [0.5, 0.6) is 11.5 Å². The molecule has 0 amide bonds. The first-order valence-corrected chi connectivity index (χ1v) is 6.68. The van der Waals surface area contributed by atoms with Crippen LogP contribution in [0.3, 0.4) is 0 Å². The number of benzene rings is 2. The van der Waals surface area contributed by atoms with E-state index in [9.17, 15) is 0 Å². The summed E-state index contributed by atoms with van der Waals surface area (Å²) in [6, 6.07) is 10.7. The Labute approximate surface area is 127 Å². The lowest BCUT2D eigenvalue weighted by molar-refractivity contribution is 0.481. The zero-order valence-electron chi connectivity index (χ0n) is 10.1. The molecule has 0 bridgehead atoms. The second-order valence-corrected chi connectivity index (χ2v) is 5.24. The van der Waals surface area contributed by atoms with E-state index in [1.54, 1.807) is 30.3 Å². The maximum atomic E-state index is 6.08. The van der Waals surface area contributed by atoms with Gasteiger partial charge in [0.05, 0.1) is 10.6 Å². The number of hydrogen-bond donors (Lipinski definition) is 1. The predicted molar refractivity (Wildman–Crippen MR) is 83.6 cm³/mol. The van der Waals surface area contributed by atoms with Gasteiger partial charge in [0, 0.05) is 5.02 Å². The zero-order valence-corrected chi connectivity index (χ0v) is 12.4. The van der Waals surface area contributed by atoms with Gasteiger partial charge in [0.25, 0.3) is 0 Å². The molecule has 2 nitrogen and oxygen atoms in total. The van der Waals surface area contributed by atoms with Crippen LogP contribution < -0.4 is 10.5 Å². The van der Waals surface area contributed by atoms with Crippen molar-refractivity contribution in [2.24, 2.45) is 5.73 Å². The molecule has 98 valence electrons. The Morgan fingerprint density at radius 3 is 2.53 bits per heavy atom. The van der Waals surface area contributed by atoms with Crippen molar-refractivity contribution >= 4 is 40.4 Å². The summed E-state index contributed by atoms with van der Waals surface area (Å²) in [5.41, 5.74) is 7.13. The van der Waals surface area contributed by atoms with E-state index in [2.05, 4.69) is 0 Å². The lowest BCUT2D eigenvalue weighted by atomic mass is 10.2. The van der Waals surface area contributed by atoms with E-state index in [1.165, 1.54) is 0 Å². The first-order chi connectivity index (χ1) is 8.99. The average Bonchev–Trinajstić information content (AvgIpc) is 2.33. The molecule has 0 heterocycles. The molecule has 0 saturated heterocycles. The molecule has 0 unspecified atom stereocenters. The Morgan fingerprint density at radius 1 is 1.16 bits per heavy atom. The SMILES string of the molecule is Cc1cc(Oc2cccc(Cl)c2C(N)=S)ccc1Cl. The molecule has 2 rings (SSSR count). The third-order valence-electron chi connectivity index (χ3n) is 2.58. The summed E-state index contributed by atoms with van der Waals surface area (Å²) in [6.07, 6.45) is 0. The summed E-state index contributed by atoms with van der Waals surface area (Å²) in [4.78, 5) is 0.200. The van der Waals surface area contributed by atoms with E-state index in [4.69, 9.17) is 45.9 Å². The van der Waals surface area contributed by atoms with Crippen LogP contribution in [-0.2, 0) is 0 Å². The highest BCUT2D eigenvalue weighted by atomic mass is 35.5. The smallest absolute Gasteiger partial charge is 0.139 e. The van der Waals surface area contributed by atoms with Gasteiger partial charge >= 0.3 is 0 Å². The molecule has 0 saturated carbocycles. The van der Waals surface area contributed by atoms with Crippen LogP contribution in [0.2, 0.25) is 10.0 Å². The van der Waals surface area contributed by atoms with Crippen LogP contribution in [0.25, 0.3) is 0 Å². The number of ether oxygens (including phenoxy) is 1. The van der Waals surface area contributed by atoms with Crippen LogP contribution in [0.1, 0.15) is 11.1 Å². The van der Waals surface area contributed by atoms with Gasteiger partial charge in [0.15, 0.2) is 0 Å². The number of thiocarbonyl (C=S) groups is 1. The molecule has 0 atom stereocenters. The fraction of sp³-hybridized carbons (Fsp3) is 0.0714. The lowest BCUT2D eigenvalue weighted by Crippen LogP contribution is -2.11. The van der Waals surface area contributed by atoms with Gasteiger partial charge in [-0.15, -0.1) is 0 Å². The summed E-state index contributed by atoms with van der Waals surface area (Å²) < 4.78 is 5.78. The normalized spacial score (nSPS) is 10.3. The summed E-state index contributed by atoms with van der Waals surface area (Å²) in [5, 5.41) is 1.16. The Bertz CT molecular complexity index is 643. The van der Waals surface area contributed by atoms with E-state index in [0.29, 0.717) is 27.1 Å². The molecule has 0 aliphatic heterocycles. The van der Waals surface area contributed by atoms with Gasteiger partial charge in [0.1, 0.15) is 16.5 Å². The van der Waals surface area contributed by atoms with Gasteiger partial charge < -0.3 is 10.5 Å². The monoisotopic (exact) mass is 311 g/mol. The molecule has 2 aromatic carbocycles. The minimum atomic E-state index is 0.200. The van der Waals surface area contributed by atoms with Crippen LogP contribution in [0, 0.1) is 6.92 Å². The van der Waals surface area contributed by atoms with Crippen molar-refractivity contribution in [3.8, 4) is 11.5 Å². The standard InChI is InChI=1S/C14H11Cl2NOS/c1-8-7-9(5-6-10(8)15)18-12-4-2-3-11(16)13(12)14(17)19/h2-7H,1H3,(H2,17,19). The fourth-order valence-corrected chi connectivity index (χ4v) is 2.29. The molecule has 19 heavy (non-hydrogen) atoms. The molecule has 0 spiro atoms. The molecule has 2 aromatic rings. The summed E-state index contributed by atoms with van der Waals surface area (Å²) in [7, 11) is 0. The van der Waals surface area contributed by atoms with E-state index in [0.717, 1.165) is 5.56 Å².